The molecule has 29 heavy (non-hydrogen) atoms. The standard InChI is InChI=1S/C25H31N3O/c1-4-26-25(29)22-12-8-11-21-19-9-7-10-20(19)23(27-24(21)22)17-13-15-18(16-14-17)28(5-2)6-3/h7-9,11-16,19-20,23,27H,4-6,10H2,1-3H3,(H,26,29). The first kappa shape index (κ1) is 19.6. The van der Waals surface area contributed by atoms with E-state index >= 15 is 0 Å². The van der Waals surface area contributed by atoms with Gasteiger partial charge in [-0.2, -0.15) is 0 Å². The SMILES string of the molecule is CCNC(=O)c1cccc2c1NC(c1ccc(N(CC)CC)cc1)C1CC=CC21. The zero-order valence-electron chi connectivity index (χ0n) is 17.6. The predicted octanol–water partition coefficient (Wildman–Crippen LogP) is 5.11. The molecule has 0 radical (unpaired) electrons. The van der Waals surface area contributed by atoms with Gasteiger partial charge in [0.2, 0.25) is 0 Å². The molecule has 4 heteroatoms. The lowest BCUT2D eigenvalue weighted by Gasteiger charge is -2.38. The first-order valence-corrected chi connectivity index (χ1v) is 10.9. The van der Waals surface area contributed by atoms with E-state index in [9.17, 15) is 4.79 Å². The van der Waals surface area contributed by atoms with E-state index in [0.717, 1.165) is 30.8 Å². The van der Waals surface area contributed by atoms with Gasteiger partial charge in [-0.1, -0.05) is 36.4 Å². The molecular formula is C25H31N3O. The van der Waals surface area contributed by atoms with Gasteiger partial charge in [0.1, 0.15) is 0 Å². The number of para-hydroxylation sites is 1. The Labute approximate surface area is 174 Å². The van der Waals surface area contributed by atoms with Crippen molar-refractivity contribution in [1.29, 1.82) is 0 Å². The van der Waals surface area contributed by atoms with Crippen LogP contribution in [-0.2, 0) is 0 Å². The maximum atomic E-state index is 12.7. The molecule has 4 nitrogen and oxygen atoms in total. The summed E-state index contributed by atoms with van der Waals surface area (Å²) in [6.07, 6.45) is 5.68. The van der Waals surface area contributed by atoms with Gasteiger partial charge in [0.05, 0.1) is 17.3 Å². The lowest BCUT2D eigenvalue weighted by Crippen LogP contribution is -2.32. The van der Waals surface area contributed by atoms with Crippen molar-refractivity contribution in [2.75, 3.05) is 29.9 Å². The lowest BCUT2D eigenvalue weighted by molar-refractivity contribution is 0.0956. The molecule has 0 saturated heterocycles. The summed E-state index contributed by atoms with van der Waals surface area (Å²) in [6.45, 7) is 8.98. The molecule has 1 amide bonds. The maximum Gasteiger partial charge on any atom is 0.253 e. The average Bonchev–Trinajstić information content (AvgIpc) is 3.24. The summed E-state index contributed by atoms with van der Waals surface area (Å²) in [7, 11) is 0. The van der Waals surface area contributed by atoms with Crippen molar-refractivity contribution >= 4 is 17.3 Å². The smallest absolute Gasteiger partial charge is 0.253 e. The van der Waals surface area contributed by atoms with E-state index in [4.69, 9.17) is 0 Å². The number of anilines is 2. The van der Waals surface area contributed by atoms with E-state index in [2.05, 4.69) is 71.9 Å². The van der Waals surface area contributed by atoms with Gasteiger partial charge in [0, 0.05) is 31.2 Å². The van der Waals surface area contributed by atoms with Crippen LogP contribution in [0.25, 0.3) is 0 Å². The van der Waals surface area contributed by atoms with Crippen LogP contribution in [-0.4, -0.2) is 25.5 Å². The van der Waals surface area contributed by atoms with Crippen LogP contribution in [0.15, 0.2) is 54.6 Å². The van der Waals surface area contributed by atoms with Crippen LogP contribution in [0.4, 0.5) is 11.4 Å². The van der Waals surface area contributed by atoms with Gasteiger partial charge in [0.25, 0.3) is 5.91 Å². The van der Waals surface area contributed by atoms with E-state index in [-0.39, 0.29) is 11.9 Å². The molecule has 3 unspecified atom stereocenters. The third kappa shape index (κ3) is 3.52. The normalized spacial score (nSPS) is 21.8. The summed E-state index contributed by atoms with van der Waals surface area (Å²) >= 11 is 0. The first-order valence-electron chi connectivity index (χ1n) is 10.9. The Morgan fingerprint density at radius 3 is 2.55 bits per heavy atom. The molecule has 1 heterocycles. The highest BCUT2D eigenvalue weighted by molar-refractivity contribution is 6.00. The van der Waals surface area contributed by atoms with Gasteiger partial charge in [-0.05, 0) is 62.4 Å². The van der Waals surface area contributed by atoms with E-state index < -0.39 is 0 Å². The minimum Gasteiger partial charge on any atom is -0.377 e. The largest absolute Gasteiger partial charge is 0.377 e. The van der Waals surface area contributed by atoms with E-state index in [1.165, 1.54) is 16.8 Å². The Morgan fingerprint density at radius 2 is 1.86 bits per heavy atom. The number of nitrogens with zero attached hydrogens (tertiary/aromatic N) is 1. The lowest BCUT2D eigenvalue weighted by atomic mass is 9.76. The number of allylic oxidation sites excluding steroid dienone is 2. The fourth-order valence-corrected chi connectivity index (χ4v) is 4.88. The zero-order chi connectivity index (χ0) is 20.4. The van der Waals surface area contributed by atoms with E-state index in [1.807, 2.05) is 19.1 Å². The molecule has 1 aliphatic heterocycles. The summed E-state index contributed by atoms with van der Waals surface area (Å²) in [5.74, 6) is 0.826. The fraction of sp³-hybridized carbons (Fsp3) is 0.400. The molecular weight excluding hydrogens is 358 g/mol. The summed E-state index contributed by atoms with van der Waals surface area (Å²) < 4.78 is 0. The van der Waals surface area contributed by atoms with Crippen molar-refractivity contribution < 1.29 is 4.79 Å². The van der Waals surface area contributed by atoms with Crippen LogP contribution in [0.1, 0.15) is 60.6 Å². The second-order valence-corrected chi connectivity index (χ2v) is 7.87. The highest BCUT2D eigenvalue weighted by Gasteiger charge is 2.39. The highest BCUT2D eigenvalue weighted by atomic mass is 16.1. The van der Waals surface area contributed by atoms with Crippen molar-refractivity contribution in [3.8, 4) is 0 Å². The van der Waals surface area contributed by atoms with Gasteiger partial charge >= 0.3 is 0 Å². The van der Waals surface area contributed by atoms with Crippen molar-refractivity contribution in [3.05, 3.63) is 71.3 Å². The maximum absolute atomic E-state index is 12.7. The Hall–Kier alpha value is -2.75. The first-order chi connectivity index (χ1) is 14.2. The molecule has 2 N–H and O–H groups in total. The van der Waals surface area contributed by atoms with Crippen LogP contribution >= 0.6 is 0 Å². The number of hydrogen-bond acceptors (Lipinski definition) is 3. The number of amides is 1. The predicted molar refractivity (Wildman–Crippen MR) is 121 cm³/mol. The molecule has 152 valence electrons. The Balaban J connectivity index is 1.70. The van der Waals surface area contributed by atoms with Gasteiger partial charge in [-0.15, -0.1) is 0 Å². The fourth-order valence-electron chi connectivity index (χ4n) is 4.88. The number of carbonyl (C=O) groups is 1. The van der Waals surface area contributed by atoms with Crippen LogP contribution in [0.5, 0.6) is 0 Å². The van der Waals surface area contributed by atoms with Crippen molar-refractivity contribution in [3.63, 3.8) is 0 Å². The van der Waals surface area contributed by atoms with Gasteiger partial charge in [0.15, 0.2) is 0 Å². The average molecular weight is 390 g/mol. The number of nitrogens with one attached hydrogen (secondary N) is 2. The van der Waals surface area contributed by atoms with Crippen molar-refractivity contribution in [2.24, 2.45) is 5.92 Å². The topological polar surface area (TPSA) is 44.4 Å². The number of fused-ring (bicyclic) bond motifs is 3. The van der Waals surface area contributed by atoms with Crippen molar-refractivity contribution in [1.82, 2.24) is 5.32 Å². The highest BCUT2D eigenvalue weighted by Crippen LogP contribution is 2.50. The molecule has 2 aromatic rings. The van der Waals surface area contributed by atoms with Gasteiger partial charge in [-0.25, -0.2) is 0 Å². The Kier molecular flexibility index (Phi) is 5.61. The van der Waals surface area contributed by atoms with Crippen LogP contribution < -0.4 is 15.5 Å². The minimum atomic E-state index is -0.00657. The summed E-state index contributed by atoms with van der Waals surface area (Å²) in [5, 5.41) is 6.71. The molecule has 0 fully saturated rings. The van der Waals surface area contributed by atoms with Crippen molar-refractivity contribution in [2.45, 2.75) is 39.2 Å². The van der Waals surface area contributed by atoms with E-state index in [0.29, 0.717) is 18.4 Å². The third-order valence-electron chi connectivity index (χ3n) is 6.36. The van der Waals surface area contributed by atoms with Crippen LogP contribution in [0.2, 0.25) is 0 Å². The molecule has 0 aromatic heterocycles. The summed E-state index contributed by atoms with van der Waals surface area (Å²) in [5.41, 5.74) is 5.52. The molecule has 0 bridgehead atoms. The molecule has 3 atom stereocenters. The number of hydrogen-bond donors (Lipinski definition) is 2. The number of rotatable bonds is 6. The monoisotopic (exact) mass is 389 g/mol. The second-order valence-electron chi connectivity index (χ2n) is 7.87. The molecule has 2 aliphatic rings. The number of carbonyl (C=O) groups excluding carboxylic acids is 1. The molecule has 0 saturated carbocycles. The van der Waals surface area contributed by atoms with E-state index in [1.54, 1.807) is 0 Å². The quantitative estimate of drug-likeness (QED) is 0.675. The molecule has 0 spiro atoms. The summed E-state index contributed by atoms with van der Waals surface area (Å²) in [6, 6.07) is 15.3. The Morgan fingerprint density at radius 1 is 1.10 bits per heavy atom. The van der Waals surface area contributed by atoms with Gasteiger partial charge in [-0.3, -0.25) is 4.79 Å². The number of benzene rings is 2. The summed E-state index contributed by atoms with van der Waals surface area (Å²) in [4.78, 5) is 15.0. The van der Waals surface area contributed by atoms with Crippen LogP contribution in [0.3, 0.4) is 0 Å². The van der Waals surface area contributed by atoms with Gasteiger partial charge < -0.3 is 15.5 Å². The third-order valence-corrected chi connectivity index (χ3v) is 6.36. The molecule has 2 aromatic carbocycles. The molecule has 4 rings (SSSR count). The zero-order valence-corrected chi connectivity index (χ0v) is 17.6. The Bertz CT molecular complexity index is 899. The molecule has 1 aliphatic carbocycles. The minimum absolute atomic E-state index is 0.00657. The van der Waals surface area contributed by atoms with Crippen LogP contribution in [0, 0.1) is 5.92 Å². The second kappa shape index (κ2) is 8.32.